The zero-order valence-corrected chi connectivity index (χ0v) is 16.3. The maximum Gasteiger partial charge on any atom is 0.305 e. The Hall–Kier alpha value is -1.94. The van der Waals surface area contributed by atoms with Crippen molar-refractivity contribution >= 4 is 11.8 Å². The van der Waals surface area contributed by atoms with Gasteiger partial charge in [-0.25, -0.2) is 0 Å². The topological polar surface area (TPSA) is 52.6 Å². The minimum atomic E-state index is -1.21. The first-order valence-corrected chi connectivity index (χ1v) is 9.47. The van der Waals surface area contributed by atoms with E-state index >= 15 is 0 Å². The molecule has 0 saturated heterocycles. The van der Waals surface area contributed by atoms with E-state index in [1.54, 1.807) is 6.08 Å². The van der Waals surface area contributed by atoms with Crippen LogP contribution in [0.4, 0.5) is 0 Å². The molecule has 26 heavy (non-hydrogen) atoms. The fourth-order valence-electron chi connectivity index (χ4n) is 2.77. The summed E-state index contributed by atoms with van der Waals surface area (Å²) in [7, 11) is 1.45. The van der Waals surface area contributed by atoms with Gasteiger partial charge in [-0.3, -0.25) is 9.59 Å². The van der Waals surface area contributed by atoms with Crippen LogP contribution in [-0.4, -0.2) is 24.6 Å². The van der Waals surface area contributed by atoms with Crippen molar-refractivity contribution in [3.05, 3.63) is 48.1 Å². The number of allylic oxidation sites excluding steroid dienone is 7. The first-order valence-electron chi connectivity index (χ1n) is 9.47. The standard InChI is InChI=1S/C22H32O4/c1-4-5-6-7-8-9-10-11-12-13-14-15-16-20-17-22(25-3,18-21(20)24)26-19(2)23/h7-8,10-11,13-14,17H,4-6,9,12,15-16,18H2,1-3H3/b8-7-,11-10-,14-13-. The summed E-state index contributed by atoms with van der Waals surface area (Å²) >= 11 is 0. The van der Waals surface area contributed by atoms with E-state index in [9.17, 15) is 9.59 Å². The summed E-state index contributed by atoms with van der Waals surface area (Å²) in [6, 6.07) is 0. The van der Waals surface area contributed by atoms with Crippen LogP contribution in [0.15, 0.2) is 48.1 Å². The van der Waals surface area contributed by atoms with E-state index in [1.807, 2.05) is 0 Å². The zero-order valence-electron chi connectivity index (χ0n) is 16.3. The predicted octanol–water partition coefficient (Wildman–Crippen LogP) is 5.21. The van der Waals surface area contributed by atoms with Crippen molar-refractivity contribution in [1.29, 1.82) is 0 Å². The van der Waals surface area contributed by atoms with Crippen LogP contribution < -0.4 is 0 Å². The SMILES string of the molecule is CCCC/C=C\C/C=C\C/C=C\CCC1=CC(OC)(OC(C)=O)CC1=O. The lowest BCUT2D eigenvalue weighted by Crippen LogP contribution is -2.33. The molecule has 144 valence electrons. The Kier molecular flexibility index (Phi) is 10.6. The van der Waals surface area contributed by atoms with Gasteiger partial charge in [0.15, 0.2) is 5.78 Å². The van der Waals surface area contributed by atoms with Gasteiger partial charge in [0.05, 0.1) is 6.42 Å². The molecule has 0 aromatic rings. The van der Waals surface area contributed by atoms with Gasteiger partial charge in [0.1, 0.15) is 0 Å². The largest absolute Gasteiger partial charge is 0.429 e. The Bertz CT molecular complexity index is 569. The molecule has 0 saturated carbocycles. The maximum absolute atomic E-state index is 12.1. The van der Waals surface area contributed by atoms with Gasteiger partial charge in [-0.2, -0.15) is 0 Å². The summed E-state index contributed by atoms with van der Waals surface area (Å²) in [5.41, 5.74) is 0.672. The molecule has 1 rings (SSSR count). The number of carbonyl (C=O) groups excluding carboxylic acids is 2. The number of Topliss-reactive ketones (excluding diaryl/α,β-unsaturated/α-hetero) is 1. The number of hydrogen-bond acceptors (Lipinski definition) is 4. The average Bonchev–Trinajstić information content (AvgIpc) is 2.91. The van der Waals surface area contributed by atoms with Crippen LogP contribution in [0.2, 0.25) is 0 Å². The first kappa shape index (κ1) is 22.1. The number of methoxy groups -OCH3 is 1. The van der Waals surface area contributed by atoms with E-state index in [4.69, 9.17) is 9.47 Å². The van der Waals surface area contributed by atoms with Crippen molar-refractivity contribution in [1.82, 2.24) is 0 Å². The van der Waals surface area contributed by atoms with E-state index in [-0.39, 0.29) is 12.2 Å². The van der Waals surface area contributed by atoms with Gasteiger partial charge in [-0.1, -0.05) is 56.2 Å². The summed E-state index contributed by atoms with van der Waals surface area (Å²) in [5, 5.41) is 0. The van der Waals surface area contributed by atoms with Crippen LogP contribution in [0.5, 0.6) is 0 Å². The third-order valence-corrected chi connectivity index (χ3v) is 4.17. The van der Waals surface area contributed by atoms with E-state index in [0.29, 0.717) is 12.0 Å². The number of carbonyl (C=O) groups is 2. The smallest absolute Gasteiger partial charge is 0.305 e. The van der Waals surface area contributed by atoms with Gasteiger partial charge in [0.25, 0.3) is 0 Å². The minimum absolute atomic E-state index is 0.0174. The lowest BCUT2D eigenvalue weighted by molar-refractivity contribution is -0.197. The fourth-order valence-corrected chi connectivity index (χ4v) is 2.77. The van der Waals surface area contributed by atoms with Crippen LogP contribution in [-0.2, 0) is 19.1 Å². The predicted molar refractivity (Wildman–Crippen MR) is 105 cm³/mol. The molecule has 0 fully saturated rings. The molecule has 0 N–H and O–H groups in total. The number of hydrogen-bond donors (Lipinski definition) is 0. The lowest BCUT2D eigenvalue weighted by atomic mass is 10.1. The monoisotopic (exact) mass is 360 g/mol. The van der Waals surface area contributed by atoms with Gasteiger partial charge >= 0.3 is 5.97 Å². The minimum Gasteiger partial charge on any atom is -0.429 e. The van der Waals surface area contributed by atoms with Gasteiger partial charge < -0.3 is 9.47 Å². The molecule has 1 atom stereocenters. The molecule has 4 nitrogen and oxygen atoms in total. The quantitative estimate of drug-likeness (QED) is 0.207. The number of rotatable bonds is 12. The molecule has 0 bridgehead atoms. The molecule has 1 unspecified atom stereocenters. The van der Waals surface area contributed by atoms with Crippen LogP contribution >= 0.6 is 0 Å². The Morgan fingerprint density at radius 1 is 1.12 bits per heavy atom. The highest BCUT2D eigenvalue weighted by molar-refractivity contribution is 5.99. The fraction of sp³-hybridized carbons (Fsp3) is 0.545. The molecular formula is C22H32O4. The molecule has 1 aliphatic rings. The Morgan fingerprint density at radius 3 is 2.31 bits per heavy atom. The van der Waals surface area contributed by atoms with Gasteiger partial charge in [0.2, 0.25) is 5.79 Å². The highest BCUT2D eigenvalue weighted by atomic mass is 16.7. The van der Waals surface area contributed by atoms with Crippen molar-refractivity contribution < 1.29 is 19.1 Å². The highest BCUT2D eigenvalue weighted by Crippen LogP contribution is 2.32. The Balaban J connectivity index is 2.29. The molecule has 1 aliphatic carbocycles. The van der Waals surface area contributed by atoms with Crippen molar-refractivity contribution in [2.45, 2.75) is 71.0 Å². The molecule has 0 amide bonds. The maximum atomic E-state index is 12.1. The number of unbranched alkanes of at least 4 members (excludes halogenated alkanes) is 2. The molecule has 0 radical (unpaired) electrons. The second kappa shape index (κ2) is 12.4. The summed E-state index contributed by atoms with van der Waals surface area (Å²) in [4.78, 5) is 23.3. The molecule has 0 spiro atoms. The molecule has 0 aromatic heterocycles. The Labute approximate surface area is 157 Å². The average molecular weight is 360 g/mol. The third-order valence-electron chi connectivity index (χ3n) is 4.17. The second-order valence-electron chi connectivity index (χ2n) is 6.45. The van der Waals surface area contributed by atoms with Gasteiger partial charge in [0, 0.05) is 14.0 Å². The molecular weight excluding hydrogens is 328 g/mol. The van der Waals surface area contributed by atoms with E-state index < -0.39 is 11.8 Å². The van der Waals surface area contributed by atoms with Crippen molar-refractivity contribution in [2.24, 2.45) is 0 Å². The van der Waals surface area contributed by atoms with Crippen LogP contribution in [0.25, 0.3) is 0 Å². The van der Waals surface area contributed by atoms with E-state index in [1.165, 1.54) is 33.3 Å². The summed E-state index contributed by atoms with van der Waals surface area (Å²) in [6.07, 6.45) is 21.6. The van der Waals surface area contributed by atoms with Gasteiger partial charge in [-0.15, -0.1) is 0 Å². The normalized spacial score (nSPS) is 20.6. The third kappa shape index (κ3) is 8.43. The van der Waals surface area contributed by atoms with E-state index in [0.717, 1.165) is 19.3 Å². The number of ether oxygens (including phenoxy) is 2. The van der Waals surface area contributed by atoms with Crippen molar-refractivity contribution in [2.75, 3.05) is 7.11 Å². The van der Waals surface area contributed by atoms with Gasteiger partial charge in [-0.05, 0) is 43.8 Å². The molecule has 0 aliphatic heterocycles. The number of ketones is 1. The lowest BCUT2D eigenvalue weighted by Gasteiger charge is -2.23. The van der Waals surface area contributed by atoms with Crippen molar-refractivity contribution in [3.63, 3.8) is 0 Å². The molecule has 0 aromatic carbocycles. The Morgan fingerprint density at radius 2 is 1.73 bits per heavy atom. The van der Waals surface area contributed by atoms with Crippen LogP contribution in [0.3, 0.4) is 0 Å². The van der Waals surface area contributed by atoms with Crippen LogP contribution in [0.1, 0.15) is 65.2 Å². The summed E-state index contributed by atoms with van der Waals surface area (Å²) in [5.74, 6) is -1.68. The van der Waals surface area contributed by atoms with E-state index in [2.05, 4.69) is 43.4 Å². The van der Waals surface area contributed by atoms with Crippen molar-refractivity contribution in [3.8, 4) is 0 Å². The summed E-state index contributed by atoms with van der Waals surface area (Å²) < 4.78 is 10.4. The second-order valence-corrected chi connectivity index (χ2v) is 6.45. The zero-order chi connectivity index (χ0) is 19.3. The van der Waals surface area contributed by atoms with Crippen LogP contribution in [0, 0.1) is 0 Å². The molecule has 0 heterocycles. The molecule has 4 heteroatoms. The number of esters is 1. The highest BCUT2D eigenvalue weighted by Gasteiger charge is 2.41. The first-order chi connectivity index (χ1) is 12.5. The summed E-state index contributed by atoms with van der Waals surface area (Å²) in [6.45, 7) is 3.52.